The highest BCUT2D eigenvalue weighted by atomic mass is 32.2. The minimum Gasteiger partial charge on any atom is -0.485 e. The van der Waals surface area contributed by atoms with Crippen molar-refractivity contribution < 1.29 is 9.15 Å². The molecular weight excluding hydrogens is 460 g/mol. The molecule has 0 amide bonds. The smallest absolute Gasteiger partial charge is 0.336 e. The van der Waals surface area contributed by atoms with Gasteiger partial charge < -0.3 is 15.0 Å². The molecule has 0 aliphatic carbocycles. The summed E-state index contributed by atoms with van der Waals surface area (Å²) in [4.78, 5) is 12.2. The van der Waals surface area contributed by atoms with Gasteiger partial charge in [-0.05, 0) is 52.4 Å². The highest BCUT2D eigenvalue weighted by Crippen LogP contribution is 2.31. The lowest BCUT2D eigenvalue weighted by Gasteiger charge is -2.14. The van der Waals surface area contributed by atoms with Gasteiger partial charge in [0, 0.05) is 17.2 Å². The Kier molecular flexibility index (Phi) is 6.21. The van der Waals surface area contributed by atoms with Gasteiger partial charge in [-0.3, -0.25) is 0 Å². The zero-order valence-electron chi connectivity index (χ0n) is 19.8. The van der Waals surface area contributed by atoms with Crippen molar-refractivity contribution in [1.29, 1.82) is 0 Å². The van der Waals surface area contributed by atoms with Crippen molar-refractivity contribution in [1.82, 2.24) is 14.9 Å². The number of benzene rings is 3. The van der Waals surface area contributed by atoms with E-state index in [1.807, 2.05) is 49.4 Å². The SMILES string of the molecule is Cc1ccc(C(C)C)c(OCc2nnc(SCc3cc(=O)oc4ccc5ccccc5c34)n2N)c1. The molecular formula is C27H26N4O3S. The van der Waals surface area contributed by atoms with Gasteiger partial charge >= 0.3 is 5.63 Å². The van der Waals surface area contributed by atoms with Crippen molar-refractivity contribution in [2.75, 3.05) is 5.84 Å². The van der Waals surface area contributed by atoms with Crippen molar-refractivity contribution in [2.24, 2.45) is 0 Å². The van der Waals surface area contributed by atoms with Gasteiger partial charge in [-0.2, -0.15) is 0 Å². The predicted molar refractivity (Wildman–Crippen MR) is 139 cm³/mol. The molecule has 178 valence electrons. The zero-order chi connectivity index (χ0) is 24.5. The van der Waals surface area contributed by atoms with Gasteiger partial charge in [0.05, 0.1) is 0 Å². The van der Waals surface area contributed by atoms with Crippen LogP contribution in [-0.4, -0.2) is 14.9 Å². The van der Waals surface area contributed by atoms with E-state index in [0.29, 0.717) is 28.2 Å². The Hall–Kier alpha value is -3.78. The number of aryl methyl sites for hydroxylation is 1. The maximum Gasteiger partial charge on any atom is 0.336 e. The van der Waals surface area contributed by atoms with Gasteiger partial charge in [0.2, 0.25) is 5.16 Å². The molecule has 35 heavy (non-hydrogen) atoms. The minimum atomic E-state index is -0.384. The molecule has 7 nitrogen and oxygen atoms in total. The number of nitrogens with two attached hydrogens (primary N) is 1. The van der Waals surface area contributed by atoms with Crippen LogP contribution in [0.2, 0.25) is 0 Å². The van der Waals surface area contributed by atoms with E-state index in [-0.39, 0.29) is 12.2 Å². The maximum absolute atomic E-state index is 12.2. The molecule has 0 atom stereocenters. The van der Waals surface area contributed by atoms with E-state index >= 15 is 0 Å². The molecule has 2 aromatic heterocycles. The Labute approximate surface area is 206 Å². The normalized spacial score (nSPS) is 11.5. The van der Waals surface area contributed by atoms with E-state index < -0.39 is 0 Å². The van der Waals surface area contributed by atoms with Crippen LogP contribution < -0.4 is 16.2 Å². The quantitative estimate of drug-likeness (QED) is 0.139. The van der Waals surface area contributed by atoms with Crippen molar-refractivity contribution >= 4 is 33.5 Å². The molecule has 0 fully saturated rings. The standard InChI is InChI=1S/C27H26N4O3S/c1-16(2)20-10-8-17(3)12-23(20)33-14-24-29-30-27(31(24)28)35-15-19-13-25(32)34-22-11-9-18-6-4-5-7-21(18)26(19)22/h4-13,16H,14-15,28H2,1-3H3. The van der Waals surface area contributed by atoms with Crippen LogP contribution in [0.1, 0.15) is 42.3 Å². The summed E-state index contributed by atoms with van der Waals surface area (Å²) < 4.78 is 13.0. The average Bonchev–Trinajstić information content (AvgIpc) is 3.19. The third-order valence-corrected chi connectivity index (χ3v) is 6.95. The van der Waals surface area contributed by atoms with E-state index in [2.05, 4.69) is 36.2 Å². The van der Waals surface area contributed by atoms with Crippen LogP contribution in [0.3, 0.4) is 0 Å². The first-order chi connectivity index (χ1) is 16.9. The largest absolute Gasteiger partial charge is 0.485 e. The molecule has 0 unspecified atom stereocenters. The number of hydrogen-bond donors (Lipinski definition) is 1. The Bertz CT molecular complexity index is 1590. The number of fused-ring (bicyclic) bond motifs is 3. The molecule has 0 saturated carbocycles. The number of hydrogen-bond acceptors (Lipinski definition) is 7. The van der Waals surface area contributed by atoms with E-state index in [4.69, 9.17) is 15.0 Å². The summed E-state index contributed by atoms with van der Waals surface area (Å²) >= 11 is 1.41. The summed E-state index contributed by atoms with van der Waals surface area (Å²) in [6.07, 6.45) is 0. The molecule has 0 saturated heterocycles. The molecule has 0 bridgehead atoms. The summed E-state index contributed by atoms with van der Waals surface area (Å²) in [5.41, 5.74) is 3.30. The third kappa shape index (κ3) is 4.61. The molecule has 2 heterocycles. The Morgan fingerprint density at radius 1 is 1.09 bits per heavy atom. The number of nitrogen functional groups attached to an aromatic ring is 1. The molecule has 5 rings (SSSR count). The summed E-state index contributed by atoms with van der Waals surface area (Å²) in [5, 5.41) is 12.1. The minimum absolute atomic E-state index is 0.204. The van der Waals surface area contributed by atoms with Crippen LogP contribution in [0.4, 0.5) is 0 Å². The van der Waals surface area contributed by atoms with Crippen molar-refractivity contribution in [3.05, 3.63) is 93.6 Å². The van der Waals surface area contributed by atoms with E-state index in [9.17, 15) is 4.79 Å². The molecule has 3 aromatic carbocycles. The molecule has 0 spiro atoms. The first-order valence-electron chi connectivity index (χ1n) is 11.4. The van der Waals surface area contributed by atoms with Crippen LogP contribution >= 0.6 is 11.8 Å². The van der Waals surface area contributed by atoms with Crippen molar-refractivity contribution in [3.8, 4) is 5.75 Å². The highest BCUT2D eigenvalue weighted by molar-refractivity contribution is 7.98. The number of thioether (sulfide) groups is 1. The molecule has 0 aliphatic rings. The van der Waals surface area contributed by atoms with Crippen molar-refractivity contribution in [2.45, 2.75) is 44.2 Å². The van der Waals surface area contributed by atoms with Crippen molar-refractivity contribution in [3.63, 3.8) is 0 Å². The van der Waals surface area contributed by atoms with Crippen LogP contribution in [0.5, 0.6) is 5.75 Å². The fourth-order valence-corrected chi connectivity index (χ4v) is 5.02. The van der Waals surface area contributed by atoms with Gasteiger partial charge in [-0.1, -0.05) is 68.1 Å². The fourth-order valence-electron chi connectivity index (χ4n) is 4.17. The lowest BCUT2D eigenvalue weighted by Crippen LogP contribution is -2.16. The third-order valence-electron chi connectivity index (χ3n) is 5.95. The summed E-state index contributed by atoms with van der Waals surface area (Å²) in [6.45, 7) is 6.51. The van der Waals surface area contributed by atoms with Gasteiger partial charge in [0.1, 0.15) is 17.9 Å². The van der Waals surface area contributed by atoms with E-state index in [1.165, 1.54) is 22.5 Å². The summed E-state index contributed by atoms with van der Waals surface area (Å²) in [6, 6.07) is 19.6. The molecule has 0 aliphatic heterocycles. The number of nitrogens with zero attached hydrogens (tertiary/aromatic N) is 3. The lowest BCUT2D eigenvalue weighted by molar-refractivity contribution is 0.287. The summed E-state index contributed by atoms with van der Waals surface area (Å²) in [7, 11) is 0. The molecule has 5 aromatic rings. The second-order valence-corrected chi connectivity index (χ2v) is 9.74. The predicted octanol–water partition coefficient (Wildman–Crippen LogP) is 5.55. The van der Waals surface area contributed by atoms with Gasteiger partial charge in [0.15, 0.2) is 5.82 Å². The van der Waals surface area contributed by atoms with Gasteiger partial charge in [0.25, 0.3) is 0 Å². The number of rotatable bonds is 7. The second kappa shape index (κ2) is 9.46. The van der Waals surface area contributed by atoms with E-state index in [1.54, 1.807) is 0 Å². The van der Waals surface area contributed by atoms with Crippen LogP contribution in [0.15, 0.2) is 75.0 Å². The topological polar surface area (TPSA) is 96.2 Å². The molecule has 2 N–H and O–H groups in total. The van der Waals surface area contributed by atoms with E-state index in [0.717, 1.165) is 38.6 Å². The summed E-state index contributed by atoms with van der Waals surface area (Å²) in [5.74, 6) is 8.47. The Morgan fingerprint density at radius 2 is 1.91 bits per heavy atom. The lowest BCUT2D eigenvalue weighted by atomic mass is 10.0. The fraction of sp³-hybridized carbons (Fsp3) is 0.222. The number of ether oxygens (including phenoxy) is 1. The monoisotopic (exact) mass is 486 g/mol. The van der Waals surface area contributed by atoms with Crippen LogP contribution in [-0.2, 0) is 12.4 Å². The highest BCUT2D eigenvalue weighted by Gasteiger charge is 2.16. The molecule has 0 radical (unpaired) electrons. The first-order valence-corrected chi connectivity index (χ1v) is 12.4. The first kappa shape index (κ1) is 23.0. The van der Waals surface area contributed by atoms with Gasteiger partial charge in [-0.15, -0.1) is 10.2 Å². The zero-order valence-corrected chi connectivity index (χ0v) is 20.6. The van der Waals surface area contributed by atoms with Crippen LogP contribution in [0, 0.1) is 6.92 Å². The average molecular weight is 487 g/mol. The van der Waals surface area contributed by atoms with Gasteiger partial charge in [-0.25, -0.2) is 9.47 Å². The maximum atomic E-state index is 12.2. The van der Waals surface area contributed by atoms with Crippen LogP contribution in [0.25, 0.3) is 21.7 Å². The molecule has 8 heteroatoms. The second-order valence-electron chi connectivity index (χ2n) is 8.79. The Balaban J connectivity index is 1.38. The number of aromatic nitrogens is 3. The Morgan fingerprint density at radius 3 is 2.74 bits per heavy atom.